The van der Waals surface area contributed by atoms with Gasteiger partial charge in [-0.2, -0.15) is 0 Å². The highest BCUT2D eigenvalue weighted by molar-refractivity contribution is 7.21. The lowest BCUT2D eigenvalue weighted by atomic mass is 10.1. The van der Waals surface area contributed by atoms with Gasteiger partial charge in [0.05, 0.1) is 0 Å². The van der Waals surface area contributed by atoms with Gasteiger partial charge in [0.2, 0.25) is 0 Å². The lowest BCUT2D eigenvalue weighted by molar-refractivity contribution is 0.577. The van der Waals surface area contributed by atoms with Crippen LogP contribution in [0.4, 0.5) is 5.13 Å². The van der Waals surface area contributed by atoms with E-state index in [4.69, 9.17) is 11.6 Å². The number of rotatable bonds is 1. The molecule has 0 spiro atoms. The molecule has 5 heteroatoms. The summed E-state index contributed by atoms with van der Waals surface area (Å²) in [5, 5.41) is 1.63. The van der Waals surface area contributed by atoms with Gasteiger partial charge in [-0.25, -0.2) is 9.97 Å². The Morgan fingerprint density at radius 2 is 1.94 bits per heavy atom. The van der Waals surface area contributed by atoms with Crippen LogP contribution < -0.4 is 4.90 Å². The Kier molecular flexibility index (Phi) is 2.69. The topological polar surface area (TPSA) is 29.0 Å². The van der Waals surface area contributed by atoms with Crippen LogP contribution in [0.1, 0.15) is 19.3 Å². The standard InChI is InChI=1S/C11H12ClN3S/c12-9-5-4-8-10(14-9)16-11(13-8)15-6-2-1-3-7-15/h4-5H,1-3,6-7H2. The smallest absolute Gasteiger partial charge is 0.187 e. The van der Waals surface area contributed by atoms with E-state index in [1.165, 1.54) is 19.3 Å². The first-order valence-electron chi connectivity index (χ1n) is 5.51. The minimum absolute atomic E-state index is 0.543. The van der Waals surface area contributed by atoms with Crippen LogP contribution in [0.3, 0.4) is 0 Å². The Labute approximate surface area is 103 Å². The first kappa shape index (κ1) is 10.3. The maximum Gasteiger partial charge on any atom is 0.187 e. The summed E-state index contributed by atoms with van der Waals surface area (Å²) in [5.41, 5.74) is 0.954. The van der Waals surface area contributed by atoms with Gasteiger partial charge in [-0.15, -0.1) is 0 Å². The Morgan fingerprint density at radius 1 is 1.12 bits per heavy atom. The number of thiazole rings is 1. The Balaban J connectivity index is 1.97. The molecular weight excluding hydrogens is 242 g/mol. The van der Waals surface area contributed by atoms with Crippen molar-refractivity contribution in [1.29, 1.82) is 0 Å². The molecule has 1 aliphatic rings. The summed E-state index contributed by atoms with van der Waals surface area (Å²) in [6.07, 6.45) is 3.87. The van der Waals surface area contributed by atoms with E-state index in [1.54, 1.807) is 17.4 Å². The van der Waals surface area contributed by atoms with E-state index >= 15 is 0 Å². The minimum Gasteiger partial charge on any atom is -0.348 e. The molecule has 3 rings (SSSR count). The molecule has 2 aromatic heterocycles. The lowest BCUT2D eigenvalue weighted by Gasteiger charge is -2.25. The van der Waals surface area contributed by atoms with Crippen LogP contribution in [0.25, 0.3) is 10.3 Å². The van der Waals surface area contributed by atoms with Gasteiger partial charge in [-0.3, -0.25) is 0 Å². The number of fused-ring (bicyclic) bond motifs is 1. The first-order valence-corrected chi connectivity index (χ1v) is 6.70. The van der Waals surface area contributed by atoms with Crippen molar-refractivity contribution >= 4 is 38.4 Å². The highest BCUT2D eigenvalue weighted by atomic mass is 35.5. The third kappa shape index (κ3) is 1.87. The van der Waals surface area contributed by atoms with Gasteiger partial charge in [-0.05, 0) is 31.4 Å². The summed E-state index contributed by atoms with van der Waals surface area (Å²) >= 11 is 7.51. The molecule has 0 aliphatic carbocycles. The number of hydrogen-bond donors (Lipinski definition) is 0. The van der Waals surface area contributed by atoms with Crippen LogP contribution in [-0.4, -0.2) is 23.1 Å². The van der Waals surface area contributed by atoms with Crippen LogP contribution in [-0.2, 0) is 0 Å². The summed E-state index contributed by atoms with van der Waals surface area (Å²) in [7, 11) is 0. The average molecular weight is 254 g/mol. The molecular formula is C11H12ClN3S. The Morgan fingerprint density at radius 3 is 2.75 bits per heavy atom. The van der Waals surface area contributed by atoms with Gasteiger partial charge in [0.15, 0.2) is 5.13 Å². The van der Waals surface area contributed by atoms with Crippen molar-refractivity contribution in [3.63, 3.8) is 0 Å². The monoisotopic (exact) mass is 253 g/mol. The summed E-state index contributed by atoms with van der Waals surface area (Å²) in [6, 6.07) is 3.73. The Hall–Kier alpha value is -0.870. The summed E-state index contributed by atoms with van der Waals surface area (Å²) in [6.45, 7) is 2.24. The summed E-state index contributed by atoms with van der Waals surface area (Å²) < 4.78 is 0. The quantitative estimate of drug-likeness (QED) is 0.730. The highest BCUT2D eigenvalue weighted by Crippen LogP contribution is 2.29. The molecule has 84 valence electrons. The zero-order chi connectivity index (χ0) is 11.0. The van der Waals surface area contributed by atoms with Crippen LogP contribution in [0.2, 0.25) is 5.15 Å². The van der Waals surface area contributed by atoms with E-state index in [2.05, 4.69) is 14.9 Å². The molecule has 0 bridgehead atoms. The van der Waals surface area contributed by atoms with E-state index in [0.717, 1.165) is 28.6 Å². The number of aromatic nitrogens is 2. The van der Waals surface area contributed by atoms with Crippen molar-refractivity contribution in [2.45, 2.75) is 19.3 Å². The maximum absolute atomic E-state index is 5.87. The summed E-state index contributed by atoms with van der Waals surface area (Å²) in [5.74, 6) is 0. The van der Waals surface area contributed by atoms with Gasteiger partial charge < -0.3 is 4.90 Å². The fourth-order valence-corrected chi connectivity index (χ4v) is 3.19. The highest BCUT2D eigenvalue weighted by Gasteiger charge is 2.15. The van der Waals surface area contributed by atoms with Gasteiger partial charge >= 0.3 is 0 Å². The first-order chi connectivity index (χ1) is 7.83. The number of halogens is 1. The zero-order valence-electron chi connectivity index (χ0n) is 8.82. The largest absolute Gasteiger partial charge is 0.348 e. The van der Waals surface area contributed by atoms with Crippen LogP contribution >= 0.6 is 22.9 Å². The summed E-state index contributed by atoms with van der Waals surface area (Å²) in [4.78, 5) is 12.2. The number of piperidine rings is 1. The van der Waals surface area contributed by atoms with Crippen LogP contribution in [0.5, 0.6) is 0 Å². The molecule has 3 heterocycles. The fraction of sp³-hybridized carbons (Fsp3) is 0.455. The number of nitrogens with zero attached hydrogens (tertiary/aromatic N) is 3. The SMILES string of the molecule is Clc1ccc2nc(N3CCCCC3)sc2n1. The number of pyridine rings is 1. The molecule has 0 unspecified atom stereocenters. The molecule has 3 nitrogen and oxygen atoms in total. The second-order valence-corrected chi connectivity index (χ2v) is 5.35. The molecule has 0 atom stereocenters. The molecule has 1 aliphatic heterocycles. The van der Waals surface area contributed by atoms with Crippen molar-refractivity contribution in [3.05, 3.63) is 17.3 Å². The second kappa shape index (κ2) is 4.18. The van der Waals surface area contributed by atoms with Gasteiger partial charge in [0.1, 0.15) is 15.5 Å². The molecule has 16 heavy (non-hydrogen) atoms. The fourth-order valence-electron chi connectivity index (χ4n) is 2.00. The third-order valence-electron chi connectivity index (χ3n) is 2.84. The predicted molar refractivity (Wildman–Crippen MR) is 68.5 cm³/mol. The molecule has 0 amide bonds. The van der Waals surface area contributed by atoms with E-state index in [-0.39, 0.29) is 0 Å². The van der Waals surface area contributed by atoms with E-state index in [0.29, 0.717) is 5.15 Å². The molecule has 0 saturated carbocycles. The lowest BCUT2D eigenvalue weighted by Crippen LogP contribution is -2.29. The molecule has 2 aromatic rings. The normalized spacial score (nSPS) is 16.9. The molecule has 1 saturated heterocycles. The Bertz CT molecular complexity index is 505. The molecule has 0 radical (unpaired) electrons. The van der Waals surface area contributed by atoms with E-state index in [9.17, 15) is 0 Å². The van der Waals surface area contributed by atoms with Crippen molar-refractivity contribution in [2.75, 3.05) is 18.0 Å². The molecule has 1 fully saturated rings. The minimum atomic E-state index is 0.543. The van der Waals surface area contributed by atoms with Gasteiger partial charge in [-0.1, -0.05) is 22.9 Å². The zero-order valence-corrected chi connectivity index (χ0v) is 10.4. The van der Waals surface area contributed by atoms with E-state index in [1.807, 2.05) is 6.07 Å². The second-order valence-electron chi connectivity index (χ2n) is 4.00. The van der Waals surface area contributed by atoms with Crippen molar-refractivity contribution in [1.82, 2.24) is 9.97 Å². The molecule has 0 aromatic carbocycles. The average Bonchev–Trinajstić information content (AvgIpc) is 2.73. The van der Waals surface area contributed by atoms with Gasteiger partial charge in [0.25, 0.3) is 0 Å². The van der Waals surface area contributed by atoms with Gasteiger partial charge in [0, 0.05) is 13.1 Å². The molecule has 0 N–H and O–H groups in total. The number of hydrogen-bond acceptors (Lipinski definition) is 4. The van der Waals surface area contributed by atoms with Crippen molar-refractivity contribution in [2.24, 2.45) is 0 Å². The third-order valence-corrected chi connectivity index (χ3v) is 4.07. The van der Waals surface area contributed by atoms with Crippen molar-refractivity contribution in [3.8, 4) is 0 Å². The number of anilines is 1. The van der Waals surface area contributed by atoms with Crippen LogP contribution in [0.15, 0.2) is 12.1 Å². The predicted octanol–water partition coefficient (Wildman–Crippen LogP) is 3.34. The van der Waals surface area contributed by atoms with Crippen LogP contribution in [0, 0.1) is 0 Å². The van der Waals surface area contributed by atoms with E-state index < -0.39 is 0 Å². The maximum atomic E-state index is 5.87. The van der Waals surface area contributed by atoms with Crippen molar-refractivity contribution < 1.29 is 0 Å².